The van der Waals surface area contributed by atoms with Gasteiger partial charge in [0.05, 0.1) is 5.56 Å². The van der Waals surface area contributed by atoms with Crippen molar-refractivity contribution in [2.24, 2.45) is 5.73 Å². The molecular formula is C14H12N2O3S. The maximum Gasteiger partial charge on any atom is 0.251 e. The Balaban J connectivity index is 2.49. The highest BCUT2D eigenvalue weighted by atomic mass is 32.1. The smallest absolute Gasteiger partial charge is 0.251 e. The number of carbonyl (C=O) groups is 3. The third-order valence-electron chi connectivity index (χ3n) is 2.59. The Morgan fingerprint density at radius 3 is 2.65 bits per heavy atom. The molecule has 1 aromatic carbocycles. The highest BCUT2D eigenvalue weighted by Crippen LogP contribution is 2.35. The molecule has 0 saturated carbocycles. The minimum absolute atomic E-state index is 0.261. The summed E-state index contributed by atoms with van der Waals surface area (Å²) in [6, 6.07) is 8.58. The van der Waals surface area contributed by atoms with Gasteiger partial charge in [-0.3, -0.25) is 14.4 Å². The van der Waals surface area contributed by atoms with Gasteiger partial charge in [0.15, 0.2) is 0 Å². The van der Waals surface area contributed by atoms with E-state index in [1.165, 1.54) is 18.3 Å². The number of anilines is 1. The van der Waals surface area contributed by atoms with E-state index in [-0.39, 0.29) is 11.5 Å². The zero-order chi connectivity index (χ0) is 14.7. The normalized spacial score (nSPS) is 10.1. The van der Waals surface area contributed by atoms with Gasteiger partial charge in [0.1, 0.15) is 11.3 Å². The molecule has 0 atom stereocenters. The molecule has 0 radical (unpaired) electrons. The van der Waals surface area contributed by atoms with Gasteiger partial charge < -0.3 is 11.1 Å². The number of rotatable bonds is 4. The van der Waals surface area contributed by atoms with Crippen LogP contribution in [0.25, 0.3) is 10.4 Å². The maximum atomic E-state index is 11.4. The second-order valence-electron chi connectivity index (χ2n) is 4.14. The summed E-state index contributed by atoms with van der Waals surface area (Å²) in [6.45, 7) is 1.36. The van der Waals surface area contributed by atoms with Gasteiger partial charge in [-0.15, -0.1) is 11.3 Å². The van der Waals surface area contributed by atoms with Crippen LogP contribution in [0.2, 0.25) is 0 Å². The van der Waals surface area contributed by atoms with E-state index in [0.29, 0.717) is 10.6 Å². The molecule has 0 bridgehead atoms. The van der Waals surface area contributed by atoms with E-state index in [2.05, 4.69) is 5.32 Å². The first-order valence-electron chi connectivity index (χ1n) is 5.78. The van der Waals surface area contributed by atoms with Gasteiger partial charge in [0.25, 0.3) is 5.91 Å². The molecule has 1 aromatic heterocycles. The van der Waals surface area contributed by atoms with Crippen molar-refractivity contribution in [1.82, 2.24) is 0 Å². The largest absolute Gasteiger partial charge is 0.366 e. The van der Waals surface area contributed by atoms with Crippen LogP contribution in [0, 0.1) is 0 Å². The standard InChI is InChI=1S/C14H12N2O3S/c1-8(18)16-14-11(13(15)19)6-12(20-14)10-4-2-3-9(5-10)7-17/h2-7H,1H3,(H2,15,19)(H,16,18). The molecule has 0 unspecified atom stereocenters. The Kier molecular flexibility index (Phi) is 3.95. The van der Waals surface area contributed by atoms with Gasteiger partial charge in [-0.25, -0.2) is 0 Å². The number of carbonyl (C=O) groups excluding carboxylic acids is 3. The fourth-order valence-corrected chi connectivity index (χ4v) is 2.84. The fraction of sp³-hybridized carbons (Fsp3) is 0.0714. The van der Waals surface area contributed by atoms with Crippen LogP contribution in [0.1, 0.15) is 27.6 Å². The van der Waals surface area contributed by atoms with Gasteiger partial charge in [-0.2, -0.15) is 0 Å². The lowest BCUT2D eigenvalue weighted by Gasteiger charge is -1.99. The lowest BCUT2D eigenvalue weighted by Crippen LogP contribution is -2.14. The molecule has 2 amide bonds. The van der Waals surface area contributed by atoms with Gasteiger partial charge >= 0.3 is 0 Å². The first kappa shape index (κ1) is 14.0. The number of nitrogens with two attached hydrogens (primary N) is 1. The molecule has 1 heterocycles. The van der Waals surface area contributed by atoms with Crippen LogP contribution < -0.4 is 11.1 Å². The number of primary amides is 1. The Morgan fingerprint density at radius 2 is 2.05 bits per heavy atom. The predicted molar refractivity (Wildman–Crippen MR) is 78.0 cm³/mol. The third-order valence-corrected chi connectivity index (χ3v) is 3.69. The van der Waals surface area contributed by atoms with E-state index in [4.69, 9.17) is 5.73 Å². The molecule has 5 nitrogen and oxygen atoms in total. The van der Waals surface area contributed by atoms with Crippen molar-refractivity contribution in [2.45, 2.75) is 6.92 Å². The molecule has 102 valence electrons. The summed E-state index contributed by atoms with van der Waals surface area (Å²) in [4.78, 5) is 34.1. The van der Waals surface area contributed by atoms with Crippen LogP contribution in [0.3, 0.4) is 0 Å². The zero-order valence-corrected chi connectivity index (χ0v) is 11.5. The average molecular weight is 288 g/mol. The summed E-state index contributed by atoms with van der Waals surface area (Å²) in [5, 5.41) is 3.00. The summed E-state index contributed by atoms with van der Waals surface area (Å²) in [5.41, 5.74) is 6.89. The molecule has 6 heteroatoms. The van der Waals surface area contributed by atoms with E-state index < -0.39 is 5.91 Å². The minimum atomic E-state index is -0.609. The molecule has 0 aliphatic carbocycles. The highest BCUT2D eigenvalue weighted by Gasteiger charge is 2.15. The van der Waals surface area contributed by atoms with Crippen LogP contribution in [0.4, 0.5) is 5.00 Å². The summed E-state index contributed by atoms with van der Waals surface area (Å²) in [7, 11) is 0. The van der Waals surface area contributed by atoms with Gasteiger partial charge in [0.2, 0.25) is 5.91 Å². The van der Waals surface area contributed by atoms with E-state index in [0.717, 1.165) is 16.7 Å². The van der Waals surface area contributed by atoms with E-state index in [1.807, 2.05) is 6.07 Å². The number of thiophene rings is 1. The lowest BCUT2D eigenvalue weighted by atomic mass is 10.1. The Morgan fingerprint density at radius 1 is 1.30 bits per heavy atom. The molecule has 20 heavy (non-hydrogen) atoms. The number of aldehydes is 1. The average Bonchev–Trinajstić information content (AvgIpc) is 2.82. The third kappa shape index (κ3) is 2.92. The van der Waals surface area contributed by atoms with Gasteiger partial charge in [-0.05, 0) is 17.7 Å². The Bertz CT molecular complexity index is 691. The van der Waals surface area contributed by atoms with Crippen LogP contribution >= 0.6 is 11.3 Å². The van der Waals surface area contributed by atoms with E-state index >= 15 is 0 Å². The van der Waals surface area contributed by atoms with Gasteiger partial charge in [-0.1, -0.05) is 18.2 Å². The SMILES string of the molecule is CC(=O)Nc1sc(-c2cccc(C=O)c2)cc1C(N)=O. The summed E-state index contributed by atoms with van der Waals surface area (Å²) in [5.74, 6) is -0.884. The zero-order valence-electron chi connectivity index (χ0n) is 10.7. The van der Waals surface area contributed by atoms with Crippen molar-refractivity contribution in [3.8, 4) is 10.4 Å². The van der Waals surface area contributed by atoms with Crippen molar-refractivity contribution in [2.75, 3.05) is 5.32 Å². The second-order valence-corrected chi connectivity index (χ2v) is 5.19. The number of nitrogens with one attached hydrogen (secondary N) is 1. The second kappa shape index (κ2) is 5.66. The topological polar surface area (TPSA) is 89.3 Å². The first-order valence-corrected chi connectivity index (χ1v) is 6.59. The lowest BCUT2D eigenvalue weighted by molar-refractivity contribution is -0.114. The summed E-state index contributed by atoms with van der Waals surface area (Å²) < 4.78 is 0. The molecule has 0 aliphatic rings. The van der Waals surface area contributed by atoms with Crippen molar-refractivity contribution in [3.05, 3.63) is 41.5 Å². The summed E-state index contributed by atoms with van der Waals surface area (Å²) in [6.07, 6.45) is 0.751. The highest BCUT2D eigenvalue weighted by molar-refractivity contribution is 7.20. The van der Waals surface area contributed by atoms with Crippen LogP contribution in [-0.4, -0.2) is 18.1 Å². The fourth-order valence-electron chi connectivity index (χ4n) is 1.73. The molecule has 2 aromatic rings. The van der Waals surface area contributed by atoms with Crippen molar-refractivity contribution in [1.29, 1.82) is 0 Å². The molecule has 0 fully saturated rings. The Labute approximate surface area is 119 Å². The van der Waals surface area contributed by atoms with Crippen molar-refractivity contribution >= 4 is 34.4 Å². The first-order chi connectivity index (χ1) is 9.51. The van der Waals surface area contributed by atoms with Crippen LogP contribution in [0.5, 0.6) is 0 Å². The molecule has 3 N–H and O–H groups in total. The van der Waals surface area contributed by atoms with E-state index in [1.54, 1.807) is 24.3 Å². The number of hydrogen-bond acceptors (Lipinski definition) is 4. The minimum Gasteiger partial charge on any atom is -0.366 e. The number of hydrogen-bond donors (Lipinski definition) is 2. The Hall–Kier alpha value is -2.47. The van der Waals surface area contributed by atoms with Gasteiger partial charge in [0, 0.05) is 17.4 Å². The maximum absolute atomic E-state index is 11.4. The van der Waals surface area contributed by atoms with E-state index in [9.17, 15) is 14.4 Å². The molecule has 0 aliphatic heterocycles. The van der Waals surface area contributed by atoms with Crippen molar-refractivity contribution in [3.63, 3.8) is 0 Å². The number of benzene rings is 1. The molecular weight excluding hydrogens is 276 g/mol. The quantitative estimate of drug-likeness (QED) is 0.846. The summed E-state index contributed by atoms with van der Waals surface area (Å²) >= 11 is 1.24. The monoisotopic (exact) mass is 288 g/mol. The molecule has 0 spiro atoms. The van der Waals surface area contributed by atoms with Crippen LogP contribution in [-0.2, 0) is 4.79 Å². The molecule has 2 rings (SSSR count). The predicted octanol–water partition coefficient (Wildman–Crippen LogP) is 2.28. The number of amides is 2. The molecule has 0 saturated heterocycles. The van der Waals surface area contributed by atoms with Crippen molar-refractivity contribution < 1.29 is 14.4 Å². The van der Waals surface area contributed by atoms with Crippen LogP contribution in [0.15, 0.2) is 30.3 Å².